The van der Waals surface area contributed by atoms with Gasteiger partial charge in [-0.1, -0.05) is 12.1 Å². The van der Waals surface area contributed by atoms with Crippen molar-refractivity contribution in [3.8, 4) is 5.75 Å². The monoisotopic (exact) mass is 399 g/mol. The molecule has 2 aromatic carbocycles. The van der Waals surface area contributed by atoms with Crippen molar-refractivity contribution in [1.29, 1.82) is 0 Å². The van der Waals surface area contributed by atoms with Crippen LogP contribution in [0.2, 0.25) is 0 Å². The molecule has 0 aliphatic carbocycles. The van der Waals surface area contributed by atoms with E-state index in [4.69, 9.17) is 17.0 Å². The zero-order valence-electron chi connectivity index (χ0n) is 16.4. The van der Waals surface area contributed by atoms with E-state index in [-0.39, 0.29) is 29.1 Å². The molecule has 2 amide bonds. The van der Waals surface area contributed by atoms with E-state index in [1.54, 1.807) is 48.5 Å². The Labute approximate surface area is 170 Å². The van der Waals surface area contributed by atoms with Gasteiger partial charge in [0.25, 0.3) is 11.8 Å². The minimum atomic E-state index is -0.347. The highest BCUT2D eigenvalue weighted by atomic mass is 32.1. The topological polar surface area (TPSA) is 79.5 Å². The van der Waals surface area contributed by atoms with Crippen molar-refractivity contribution in [3.63, 3.8) is 0 Å². The van der Waals surface area contributed by atoms with Crippen LogP contribution in [0.15, 0.2) is 48.5 Å². The number of hydrogen-bond acceptors (Lipinski definition) is 4. The zero-order chi connectivity index (χ0) is 20.7. The Kier molecular flexibility index (Phi) is 7.52. The number of carbonyl (C=O) groups is 2. The van der Waals surface area contributed by atoms with E-state index in [2.05, 4.69) is 16.0 Å². The van der Waals surface area contributed by atoms with E-state index in [0.717, 1.165) is 0 Å². The lowest BCUT2D eigenvalue weighted by Gasteiger charge is -2.13. The Hall–Kier alpha value is -2.93. The maximum atomic E-state index is 12.4. The number of carbonyl (C=O) groups excluding carboxylic acids is 2. The molecule has 2 rings (SSSR count). The second-order valence-electron chi connectivity index (χ2n) is 6.81. The van der Waals surface area contributed by atoms with Crippen LogP contribution in [0, 0.1) is 0 Å². The van der Waals surface area contributed by atoms with E-state index in [1.807, 2.05) is 27.7 Å². The zero-order valence-corrected chi connectivity index (χ0v) is 17.2. The minimum absolute atomic E-state index is 0.0150. The average Bonchev–Trinajstić information content (AvgIpc) is 2.61. The lowest BCUT2D eigenvalue weighted by atomic mass is 10.2. The highest BCUT2D eigenvalue weighted by Gasteiger charge is 2.11. The van der Waals surface area contributed by atoms with E-state index < -0.39 is 0 Å². The molecule has 0 heterocycles. The summed E-state index contributed by atoms with van der Waals surface area (Å²) in [5, 5.41) is 8.53. The van der Waals surface area contributed by atoms with Gasteiger partial charge in [-0.05, 0) is 76.3 Å². The van der Waals surface area contributed by atoms with Crippen molar-refractivity contribution in [2.45, 2.75) is 39.8 Å². The Morgan fingerprint density at radius 1 is 0.929 bits per heavy atom. The first kappa shape index (κ1) is 21.4. The SMILES string of the molecule is CC(C)NC(=O)c1cccc(NC(=S)NC(=O)c2cccc(OC(C)C)c2)c1. The molecule has 0 aromatic heterocycles. The molecule has 0 aliphatic rings. The maximum Gasteiger partial charge on any atom is 0.257 e. The summed E-state index contributed by atoms with van der Waals surface area (Å²) in [5.41, 5.74) is 1.55. The third kappa shape index (κ3) is 6.66. The Morgan fingerprint density at radius 2 is 1.57 bits per heavy atom. The number of ether oxygens (including phenoxy) is 1. The molecule has 3 N–H and O–H groups in total. The molecular formula is C21H25N3O3S. The third-order valence-corrected chi connectivity index (χ3v) is 3.70. The van der Waals surface area contributed by atoms with Crippen molar-refractivity contribution in [1.82, 2.24) is 10.6 Å². The van der Waals surface area contributed by atoms with Crippen LogP contribution in [0.25, 0.3) is 0 Å². The number of nitrogens with one attached hydrogen (secondary N) is 3. The summed E-state index contributed by atoms with van der Waals surface area (Å²) >= 11 is 5.22. The largest absolute Gasteiger partial charge is 0.491 e. The molecule has 28 heavy (non-hydrogen) atoms. The van der Waals surface area contributed by atoms with Gasteiger partial charge in [-0.3, -0.25) is 14.9 Å². The normalized spacial score (nSPS) is 10.5. The minimum Gasteiger partial charge on any atom is -0.491 e. The van der Waals surface area contributed by atoms with Crippen molar-refractivity contribution in [2.75, 3.05) is 5.32 Å². The fraction of sp³-hybridized carbons (Fsp3) is 0.286. The maximum absolute atomic E-state index is 12.4. The standard InChI is InChI=1S/C21H25N3O3S/c1-13(2)22-19(25)15-7-5-9-17(11-15)23-21(28)24-20(26)16-8-6-10-18(12-16)27-14(3)4/h5-14H,1-4H3,(H,22,25)(H2,23,24,26,28). The summed E-state index contributed by atoms with van der Waals surface area (Å²) in [5.74, 6) is 0.0985. The molecule has 0 saturated heterocycles. The number of amides is 2. The smallest absolute Gasteiger partial charge is 0.257 e. The van der Waals surface area contributed by atoms with Crippen LogP contribution in [0.5, 0.6) is 5.75 Å². The van der Waals surface area contributed by atoms with Gasteiger partial charge in [0.2, 0.25) is 0 Å². The van der Waals surface area contributed by atoms with E-state index in [0.29, 0.717) is 22.6 Å². The second kappa shape index (κ2) is 9.85. The first-order valence-corrected chi connectivity index (χ1v) is 9.45. The van der Waals surface area contributed by atoms with Gasteiger partial charge in [0.05, 0.1) is 6.10 Å². The fourth-order valence-corrected chi connectivity index (χ4v) is 2.61. The van der Waals surface area contributed by atoms with Crippen LogP contribution < -0.4 is 20.7 Å². The summed E-state index contributed by atoms with van der Waals surface area (Å²) in [6.45, 7) is 7.63. The van der Waals surface area contributed by atoms with Crippen LogP contribution >= 0.6 is 12.2 Å². The summed E-state index contributed by atoms with van der Waals surface area (Å²) in [7, 11) is 0. The van der Waals surface area contributed by atoms with Crippen LogP contribution in [-0.4, -0.2) is 29.1 Å². The van der Waals surface area contributed by atoms with Gasteiger partial charge >= 0.3 is 0 Å². The van der Waals surface area contributed by atoms with Crippen LogP contribution in [-0.2, 0) is 0 Å². The second-order valence-corrected chi connectivity index (χ2v) is 7.22. The van der Waals surface area contributed by atoms with E-state index in [1.165, 1.54) is 0 Å². The molecule has 0 unspecified atom stereocenters. The molecule has 0 fully saturated rings. The number of rotatable bonds is 6. The fourth-order valence-electron chi connectivity index (χ4n) is 2.40. The molecule has 0 atom stereocenters. The molecular weight excluding hydrogens is 374 g/mol. The molecule has 7 heteroatoms. The van der Waals surface area contributed by atoms with Crippen molar-refractivity contribution >= 4 is 34.8 Å². The predicted molar refractivity (Wildman–Crippen MR) is 115 cm³/mol. The predicted octanol–water partition coefficient (Wildman–Crippen LogP) is 3.74. The van der Waals surface area contributed by atoms with E-state index >= 15 is 0 Å². The van der Waals surface area contributed by atoms with Crippen molar-refractivity contribution in [3.05, 3.63) is 59.7 Å². The molecule has 6 nitrogen and oxygen atoms in total. The number of hydrogen-bond donors (Lipinski definition) is 3. The van der Waals surface area contributed by atoms with E-state index in [9.17, 15) is 9.59 Å². The van der Waals surface area contributed by atoms with Gasteiger partial charge in [0, 0.05) is 22.9 Å². The van der Waals surface area contributed by atoms with Gasteiger partial charge in [0.15, 0.2) is 5.11 Å². The van der Waals surface area contributed by atoms with Gasteiger partial charge in [-0.2, -0.15) is 0 Å². The van der Waals surface area contributed by atoms with Crippen LogP contribution in [0.3, 0.4) is 0 Å². The molecule has 0 radical (unpaired) electrons. The molecule has 0 aliphatic heterocycles. The lowest BCUT2D eigenvalue weighted by Crippen LogP contribution is -2.34. The highest BCUT2D eigenvalue weighted by molar-refractivity contribution is 7.80. The lowest BCUT2D eigenvalue weighted by molar-refractivity contribution is 0.0941. The summed E-state index contributed by atoms with van der Waals surface area (Å²) in [6.07, 6.45) is 0.0150. The van der Waals surface area contributed by atoms with Gasteiger partial charge < -0.3 is 15.4 Å². The van der Waals surface area contributed by atoms with Crippen LogP contribution in [0.1, 0.15) is 48.4 Å². The summed E-state index contributed by atoms with van der Waals surface area (Å²) in [6, 6.07) is 13.8. The molecule has 0 spiro atoms. The molecule has 0 saturated carbocycles. The Balaban J connectivity index is 2.00. The number of benzene rings is 2. The first-order valence-electron chi connectivity index (χ1n) is 9.04. The molecule has 0 bridgehead atoms. The summed E-state index contributed by atoms with van der Waals surface area (Å²) in [4.78, 5) is 24.5. The Morgan fingerprint density at radius 3 is 2.21 bits per heavy atom. The number of anilines is 1. The summed E-state index contributed by atoms with van der Waals surface area (Å²) < 4.78 is 5.60. The third-order valence-electron chi connectivity index (χ3n) is 3.50. The van der Waals surface area contributed by atoms with Gasteiger partial charge in [-0.25, -0.2) is 0 Å². The van der Waals surface area contributed by atoms with Crippen molar-refractivity contribution in [2.24, 2.45) is 0 Å². The number of thiocarbonyl (C=S) groups is 1. The Bertz CT molecular complexity index is 865. The average molecular weight is 400 g/mol. The van der Waals surface area contributed by atoms with Gasteiger partial charge in [0.1, 0.15) is 5.75 Å². The highest BCUT2D eigenvalue weighted by Crippen LogP contribution is 2.15. The van der Waals surface area contributed by atoms with Gasteiger partial charge in [-0.15, -0.1) is 0 Å². The molecule has 148 valence electrons. The molecule has 2 aromatic rings. The van der Waals surface area contributed by atoms with Crippen LogP contribution in [0.4, 0.5) is 5.69 Å². The quantitative estimate of drug-likeness (QED) is 0.645. The first-order chi connectivity index (χ1) is 13.2. The van der Waals surface area contributed by atoms with Crippen molar-refractivity contribution < 1.29 is 14.3 Å².